The Labute approximate surface area is 97.2 Å². The number of halogens is 1. The molecule has 6 heteroatoms. The van der Waals surface area contributed by atoms with E-state index in [1.807, 2.05) is 16.8 Å². The summed E-state index contributed by atoms with van der Waals surface area (Å²) in [6.45, 7) is 0. The van der Waals surface area contributed by atoms with Crippen LogP contribution >= 0.6 is 11.6 Å². The molecule has 16 heavy (non-hydrogen) atoms. The molecule has 2 N–H and O–H groups in total. The number of rotatable bonds is 2. The Morgan fingerprint density at radius 3 is 2.94 bits per heavy atom. The number of anilines is 1. The summed E-state index contributed by atoms with van der Waals surface area (Å²) in [5, 5.41) is 12.2. The summed E-state index contributed by atoms with van der Waals surface area (Å²) >= 11 is 5.98. The van der Waals surface area contributed by atoms with Crippen LogP contribution < -0.4 is 5.73 Å². The fraction of sp³-hybridized carbons (Fsp3) is 0.300. The van der Waals surface area contributed by atoms with Crippen molar-refractivity contribution in [1.29, 1.82) is 0 Å². The fourth-order valence-electron chi connectivity index (χ4n) is 1.67. The van der Waals surface area contributed by atoms with Crippen LogP contribution in [0.15, 0.2) is 18.2 Å². The van der Waals surface area contributed by atoms with Crippen molar-refractivity contribution in [2.45, 2.75) is 18.9 Å². The number of hydrogen-bond acceptors (Lipinski definition) is 4. The minimum atomic E-state index is 0.420. The molecule has 0 saturated heterocycles. The van der Waals surface area contributed by atoms with Gasteiger partial charge in [0, 0.05) is 5.56 Å². The summed E-state index contributed by atoms with van der Waals surface area (Å²) in [4.78, 5) is 0. The van der Waals surface area contributed by atoms with Crippen LogP contribution in [0.5, 0.6) is 0 Å². The van der Waals surface area contributed by atoms with E-state index in [9.17, 15) is 0 Å². The first-order chi connectivity index (χ1) is 7.77. The first kappa shape index (κ1) is 9.59. The molecule has 82 valence electrons. The van der Waals surface area contributed by atoms with Crippen LogP contribution in [0.1, 0.15) is 18.9 Å². The molecule has 0 amide bonds. The van der Waals surface area contributed by atoms with E-state index < -0.39 is 0 Å². The van der Waals surface area contributed by atoms with Gasteiger partial charge in [-0.1, -0.05) is 17.7 Å². The third-order valence-corrected chi connectivity index (χ3v) is 3.01. The highest BCUT2D eigenvalue weighted by Crippen LogP contribution is 2.38. The van der Waals surface area contributed by atoms with Crippen LogP contribution in [-0.2, 0) is 0 Å². The Bertz CT molecular complexity index is 532. The largest absolute Gasteiger partial charge is 0.397 e. The van der Waals surface area contributed by atoms with E-state index in [1.54, 1.807) is 6.07 Å². The van der Waals surface area contributed by atoms with E-state index in [1.165, 1.54) is 0 Å². The lowest BCUT2D eigenvalue weighted by Crippen LogP contribution is -2.01. The molecule has 0 unspecified atom stereocenters. The van der Waals surface area contributed by atoms with Crippen molar-refractivity contribution in [3.05, 3.63) is 23.2 Å². The number of para-hydroxylation sites is 1. The highest BCUT2D eigenvalue weighted by molar-refractivity contribution is 6.33. The third kappa shape index (κ3) is 1.44. The van der Waals surface area contributed by atoms with Crippen molar-refractivity contribution in [2.75, 3.05) is 5.73 Å². The fourth-order valence-corrected chi connectivity index (χ4v) is 1.84. The molecule has 2 aromatic rings. The van der Waals surface area contributed by atoms with Gasteiger partial charge in [-0.05, 0) is 35.4 Å². The number of nitrogens with two attached hydrogens (primary N) is 1. The monoisotopic (exact) mass is 235 g/mol. The van der Waals surface area contributed by atoms with Gasteiger partial charge < -0.3 is 5.73 Å². The Morgan fingerprint density at radius 2 is 2.19 bits per heavy atom. The second kappa shape index (κ2) is 3.45. The number of hydrogen-bond donors (Lipinski definition) is 1. The predicted octanol–water partition coefficient (Wildman–Crippen LogP) is 1.91. The summed E-state index contributed by atoms with van der Waals surface area (Å²) in [7, 11) is 0. The van der Waals surface area contributed by atoms with Crippen LogP contribution in [0, 0.1) is 0 Å². The highest BCUT2D eigenvalue weighted by Gasteiger charge is 2.28. The van der Waals surface area contributed by atoms with Crippen LogP contribution in [0.25, 0.3) is 11.4 Å². The molecule has 0 spiro atoms. The molecule has 0 radical (unpaired) electrons. The molecular formula is C10H10ClN5. The predicted molar refractivity (Wildman–Crippen MR) is 60.9 cm³/mol. The second-order valence-electron chi connectivity index (χ2n) is 3.88. The Morgan fingerprint density at radius 1 is 1.38 bits per heavy atom. The first-order valence-corrected chi connectivity index (χ1v) is 5.47. The minimum absolute atomic E-state index is 0.420. The maximum Gasteiger partial charge on any atom is 0.184 e. The van der Waals surface area contributed by atoms with Crippen molar-refractivity contribution in [3.8, 4) is 11.4 Å². The summed E-state index contributed by atoms with van der Waals surface area (Å²) in [5.74, 6) is 0.697. The lowest BCUT2D eigenvalue weighted by molar-refractivity contribution is 0.615. The van der Waals surface area contributed by atoms with Crippen LogP contribution in [0.3, 0.4) is 0 Å². The lowest BCUT2D eigenvalue weighted by atomic mass is 10.1. The standard InChI is InChI=1S/C10H10ClN5/c11-8-3-1-2-7(9(8)12)10-13-14-15-16(10)6-4-5-6/h1-3,6H,4-5,12H2. The van der Waals surface area contributed by atoms with Gasteiger partial charge in [0.15, 0.2) is 5.82 Å². The second-order valence-corrected chi connectivity index (χ2v) is 4.29. The molecule has 3 rings (SSSR count). The molecule has 1 heterocycles. The molecule has 0 atom stereocenters. The molecule has 1 saturated carbocycles. The number of aromatic nitrogens is 4. The number of nitrogens with zero attached hydrogens (tertiary/aromatic N) is 4. The molecule has 1 aromatic heterocycles. The van der Waals surface area contributed by atoms with E-state index in [2.05, 4.69) is 15.5 Å². The Hall–Kier alpha value is -1.62. The normalized spacial score (nSPS) is 15.3. The average Bonchev–Trinajstić information content (AvgIpc) is 3.01. The van der Waals surface area contributed by atoms with Crippen molar-refractivity contribution < 1.29 is 0 Å². The van der Waals surface area contributed by atoms with E-state index in [4.69, 9.17) is 17.3 Å². The molecule has 1 fully saturated rings. The van der Waals surface area contributed by atoms with Crippen molar-refractivity contribution >= 4 is 17.3 Å². The van der Waals surface area contributed by atoms with Gasteiger partial charge in [-0.3, -0.25) is 0 Å². The van der Waals surface area contributed by atoms with Gasteiger partial charge in [0.1, 0.15) is 0 Å². The average molecular weight is 236 g/mol. The Balaban J connectivity index is 2.14. The van der Waals surface area contributed by atoms with E-state index in [-0.39, 0.29) is 0 Å². The molecule has 5 nitrogen and oxygen atoms in total. The van der Waals surface area contributed by atoms with Crippen molar-refractivity contribution in [2.24, 2.45) is 0 Å². The highest BCUT2D eigenvalue weighted by atomic mass is 35.5. The first-order valence-electron chi connectivity index (χ1n) is 5.09. The quantitative estimate of drug-likeness (QED) is 0.808. The molecule has 1 aromatic carbocycles. The number of nitrogen functional groups attached to an aromatic ring is 1. The van der Waals surface area contributed by atoms with Gasteiger partial charge in [-0.25, -0.2) is 4.68 Å². The summed E-state index contributed by atoms with van der Waals surface area (Å²) in [5.41, 5.74) is 7.25. The zero-order valence-electron chi connectivity index (χ0n) is 8.47. The summed E-state index contributed by atoms with van der Waals surface area (Å²) in [6, 6.07) is 5.90. The van der Waals surface area contributed by atoms with Crippen LogP contribution in [0.4, 0.5) is 5.69 Å². The maximum atomic E-state index is 5.98. The van der Waals surface area contributed by atoms with Crippen molar-refractivity contribution in [3.63, 3.8) is 0 Å². The smallest absolute Gasteiger partial charge is 0.184 e. The van der Waals surface area contributed by atoms with Crippen LogP contribution in [0.2, 0.25) is 5.02 Å². The van der Waals surface area contributed by atoms with E-state index in [0.717, 1.165) is 18.4 Å². The number of tetrazole rings is 1. The summed E-state index contributed by atoms with van der Waals surface area (Å²) < 4.78 is 1.82. The zero-order valence-corrected chi connectivity index (χ0v) is 9.22. The molecule has 0 aliphatic heterocycles. The van der Waals surface area contributed by atoms with Gasteiger partial charge >= 0.3 is 0 Å². The number of benzene rings is 1. The Kier molecular flexibility index (Phi) is 2.07. The van der Waals surface area contributed by atoms with E-state index in [0.29, 0.717) is 22.6 Å². The van der Waals surface area contributed by atoms with Gasteiger partial charge in [-0.2, -0.15) is 0 Å². The molecule has 0 bridgehead atoms. The van der Waals surface area contributed by atoms with Gasteiger partial charge in [0.25, 0.3) is 0 Å². The molecule has 1 aliphatic rings. The topological polar surface area (TPSA) is 69.6 Å². The molecule has 1 aliphatic carbocycles. The summed E-state index contributed by atoms with van der Waals surface area (Å²) in [6.07, 6.45) is 2.25. The SMILES string of the molecule is Nc1c(Cl)cccc1-c1nnnn1C1CC1. The van der Waals surface area contributed by atoms with Gasteiger partial charge in [0.2, 0.25) is 0 Å². The third-order valence-electron chi connectivity index (χ3n) is 2.68. The maximum absolute atomic E-state index is 5.98. The zero-order chi connectivity index (χ0) is 11.1. The molecular weight excluding hydrogens is 226 g/mol. The lowest BCUT2D eigenvalue weighted by Gasteiger charge is -2.06. The minimum Gasteiger partial charge on any atom is -0.397 e. The van der Waals surface area contributed by atoms with E-state index >= 15 is 0 Å². The van der Waals surface area contributed by atoms with Gasteiger partial charge in [-0.15, -0.1) is 5.10 Å². The van der Waals surface area contributed by atoms with Crippen LogP contribution in [-0.4, -0.2) is 20.2 Å². The van der Waals surface area contributed by atoms with Crippen molar-refractivity contribution in [1.82, 2.24) is 20.2 Å². The van der Waals surface area contributed by atoms with Gasteiger partial charge in [0.05, 0.1) is 16.8 Å².